The average Bonchev–Trinajstić information content (AvgIpc) is 2.90. The van der Waals surface area contributed by atoms with Crippen molar-refractivity contribution in [3.63, 3.8) is 0 Å². The molecule has 3 rings (SSSR count). The fraction of sp³-hybridized carbons (Fsp3) is 0.381. The lowest BCUT2D eigenvalue weighted by molar-refractivity contribution is 0.270. The fourth-order valence-corrected chi connectivity index (χ4v) is 3.29. The predicted molar refractivity (Wildman–Crippen MR) is 102 cm³/mol. The summed E-state index contributed by atoms with van der Waals surface area (Å²) in [6.07, 6.45) is 0.789. The van der Waals surface area contributed by atoms with E-state index in [9.17, 15) is 9.18 Å². The zero-order valence-electron chi connectivity index (χ0n) is 15.5. The molecule has 1 N–H and O–H groups in total. The molecule has 3 aromatic rings. The molecule has 5 heteroatoms. The van der Waals surface area contributed by atoms with Crippen LogP contribution in [0.25, 0.3) is 11.1 Å². The first kappa shape index (κ1) is 18.4. The lowest BCUT2D eigenvalue weighted by Crippen LogP contribution is -2.33. The second-order valence-corrected chi connectivity index (χ2v) is 7.65. The Morgan fingerprint density at radius 2 is 1.81 bits per heavy atom. The van der Waals surface area contributed by atoms with Gasteiger partial charge in [0, 0.05) is 12.6 Å². The fourth-order valence-electron chi connectivity index (χ4n) is 3.29. The van der Waals surface area contributed by atoms with Gasteiger partial charge in [0.15, 0.2) is 5.58 Å². The van der Waals surface area contributed by atoms with Crippen molar-refractivity contribution in [1.29, 1.82) is 0 Å². The summed E-state index contributed by atoms with van der Waals surface area (Å²) in [7, 11) is 0. The van der Waals surface area contributed by atoms with Crippen molar-refractivity contribution in [2.45, 2.75) is 39.8 Å². The van der Waals surface area contributed by atoms with Crippen LogP contribution in [0.5, 0.6) is 0 Å². The first-order valence-electron chi connectivity index (χ1n) is 8.93. The number of fused-ring (bicyclic) bond motifs is 1. The van der Waals surface area contributed by atoms with E-state index < -0.39 is 0 Å². The third kappa shape index (κ3) is 4.05. The van der Waals surface area contributed by atoms with Crippen molar-refractivity contribution >= 4 is 11.1 Å². The number of para-hydroxylation sites is 2. The second-order valence-electron chi connectivity index (χ2n) is 7.65. The smallest absolute Gasteiger partial charge is 0.408 e. The Morgan fingerprint density at radius 3 is 2.50 bits per heavy atom. The van der Waals surface area contributed by atoms with Crippen LogP contribution < -0.4 is 11.1 Å². The van der Waals surface area contributed by atoms with Crippen LogP contribution in [0.15, 0.2) is 57.7 Å². The van der Waals surface area contributed by atoms with Gasteiger partial charge in [-0.1, -0.05) is 45.0 Å². The number of hydrogen-bond acceptors (Lipinski definition) is 3. The Kier molecular flexibility index (Phi) is 5.28. The summed E-state index contributed by atoms with van der Waals surface area (Å²) >= 11 is 0. The van der Waals surface area contributed by atoms with E-state index in [1.165, 1.54) is 12.1 Å². The number of benzene rings is 2. The summed E-state index contributed by atoms with van der Waals surface area (Å²) in [5.74, 6) is -0.551. The van der Waals surface area contributed by atoms with Crippen LogP contribution in [0.4, 0.5) is 4.39 Å². The van der Waals surface area contributed by atoms with Crippen molar-refractivity contribution in [2.75, 3.05) is 6.54 Å². The van der Waals surface area contributed by atoms with Crippen molar-refractivity contribution in [2.24, 2.45) is 5.41 Å². The van der Waals surface area contributed by atoms with E-state index in [2.05, 4.69) is 26.1 Å². The molecule has 1 unspecified atom stereocenters. The van der Waals surface area contributed by atoms with Crippen molar-refractivity contribution < 1.29 is 8.81 Å². The van der Waals surface area contributed by atoms with E-state index in [4.69, 9.17) is 4.42 Å². The summed E-state index contributed by atoms with van der Waals surface area (Å²) in [5, 5.41) is 3.56. The molecule has 4 nitrogen and oxygen atoms in total. The molecular weight excluding hydrogens is 331 g/mol. The van der Waals surface area contributed by atoms with Gasteiger partial charge in [-0.3, -0.25) is 4.57 Å². The molecule has 0 saturated carbocycles. The zero-order valence-corrected chi connectivity index (χ0v) is 15.5. The van der Waals surface area contributed by atoms with E-state index in [0.29, 0.717) is 12.1 Å². The van der Waals surface area contributed by atoms with E-state index >= 15 is 0 Å². The van der Waals surface area contributed by atoms with E-state index in [1.54, 1.807) is 10.6 Å². The van der Waals surface area contributed by atoms with Gasteiger partial charge in [0.05, 0.1) is 5.52 Å². The number of oxazole rings is 1. The Morgan fingerprint density at radius 1 is 1.12 bits per heavy atom. The normalized spacial score (nSPS) is 13.2. The average molecular weight is 356 g/mol. The number of aryl methyl sites for hydroxylation is 1. The zero-order chi connectivity index (χ0) is 18.7. The minimum absolute atomic E-state index is 0.0169. The molecule has 1 heterocycles. The Hall–Kier alpha value is -2.40. The van der Waals surface area contributed by atoms with E-state index in [0.717, 1.165) is 24.0 Å². The summed E-state index contributed by atoms with van der Waals surface area (Å²) in [5.41, 5.74) is 2.48. The molecule has 0 radical (unpaired) electrons. The highest BCUT2D eigenvalue weighted by atomic mass is 19.1. The largest absolute Gasteiger partial charge is 0.419 e. The minimum Gasteiger partial charge on any atom is -0.408 e. The van der Waals surface area contributed by atoms with Crippen LogP contribution in [-0.4, -0.2) is 11.1 Å². The summed E-state index contributed by atoms with van der Waals surface area (Å²) in [4.78, 5) is 12.0. The maximum Gasteiger partial charge on any atom is 0.419 e. The van der Waals surface area contributed by atoms with Gasteiger partial charge in [-0.15, -0.1) is 0 Å². The standard InChI is InChI=1S/C21H25FN2O2/c1-21(2,3)19(15-9-11-16(22)12-10-15)23-13-6-14-24-17-7-4-5-8-18(17)26-20(24)25/h4-5,7-12,19,23H,6,13-14H2,1-3H3. The summed E-state index contributed by atoms with van der Waals surface area (Å²) in [6, 6.07) is 14.2. The lowest BCUT2D eigenvalue weighted by Gasteiger charge is -2.32. The van der Waals surface area contributed by atoms with Crippen LogP contribution in [-0.2, 0) is 6.54 Å². The Bertz CT molecular complexity index is 920. The van der Waals surface area contributed by atoms with E-state index in [-0.39, 0.29) is 23.0 Å². The highest BCUT2D eigenvalue weighted by Gasteiger charge is 2.25. The molecule has 1 atom stereocenters. The maximum absolute atomic E-state index is 13.2. The topological polar surface area (TPSA) is 47.2 Å². The number of rotatable bonds is 6. The summed E-state index contributed by atoms with van der Waals surface area (Å²) in [6.45, 7) is 7.79. The van der Waals surface area contributed by atoms with Gasteiger partial charge in [0.1, 0.15) is 5.82 Å². The van der Waals surface area contributed by atoms with E-state index in [1.807, 2.05) is 30.3 Å². The number of nitrogens with one attached hydrogen (secondary N) is 1. The first-order valence-corrected chi connectivity index (χ1v) is 8.93. The van der Waals surface area contributed by atoms with Gasteiger partial charge >= 0.3 is 5.76 Å². The molecule has 2 aromatic carbocycles. The molecule has 0 fully saturated rings. The molecule has 0 amide bonds. The molecule has 0 saturated heterocycles. The van der Waals surface area contributed by atoms with Crippen LogP contribution in [0, 0.1) is 11.2 Å². The van der Waals surface area contributed by atoms with Crippen LogP contribution in [0.2, 0.25) is 0 Å². The highest BCUT2D eigenvalue weighted by molar-refractivity contribution is 5.72. The van der Waals surface area contributed by atoms with Crippen molar-refractivity contribution in [1.82, 2.24) is 9.88 Å². The summed E-state index contributed by atoms with van der Waals surface area (Å²) < 4.78 is 20.1. The third-order valence-corrected chi connectivity index (χ3v) is 4.55. The minimum atomic E-state index is -0.322. The number of aromatic nitrogens is 1. The molecule has 0 bridgehead atoms. The first-order chi connectivity index (χ1) is 12.4. The molecule has 1 aromatic heterocycles. The third-order valence-electron chi connectivity index (χ3n) is 4.55. The molecule has 138 valence electrons. The van der Waals surface area contributed by atoms with Gasteiger partial charge in [-0.05, 0) is 48.2 Å². The highest BCUT2D eigenvalue weighted by Crippen LogP contribution is 2.32. The second kappa shape index (κ2) is 7.46. The van der Waals surface area contributed by atoms with Gasteiger partial charge in [-0.25, -0.2) is 9.18 Å². The Labute approximate surface area is 152 Å². The van der Waals surface area contributed by atoms with Gasteiger partial charge < -0.3 is 9.73 Å². The Balaban J connectivity index is 1.66. The molecule has 0 aliphatic rings. The van der Waals surface area contributed by atoms with Crippen molar-refractivity contribution in [3.05, 3.63) is 70.5 Å². The monoisotopic (exact) mass is 356 g/mol. The maximum atomic E-state index is 13.2. The van der Waals surface area contributed by atoms with Gasteiger partial charge in [0.25, 0.3) is 0 Å². The predicted octanol–water partition coefficient (Wildman–Crippen LogP) is 4.50. The van der Waals surface area contributed by atoms with Crippen molar-refractivity contribution in [3.8, 4) is 0 Å². The number of nitrogens with zero attached hydrogens (tertiary/aromatic N) is 1. The SMILES string of the molecule is CC(C)(C)C(NCCCn1c(=O)oc2ccccc21)c1ccc(F)cc1. The molecule has 26 heavy (non-hydrogen) atoms. The molecule has 0 aliphatic carbocycles. The van der Waals surface area contributed by atoms with Gasteiger partial charge in [-0.2, -0.15) is 0 Å². The lowest BCUT2D eigenvalue weighted by atomic mass is 9.82. The molecule has 0 aliphatic heterocycles. The molecule has 0 spiro atoms. The molecular formula is C21H25FN2O2. The van der Waals surface area contributed by atoms with Crippen LogP contribution in [0.1, 0.15) is 38.8 Å². The number of halogens is 1. The van der Waals surface area contributed by atoms with Crippen LogP contribution >= 0.6 is 0 Å². The number of hydrogen-bond donors (Lipinski definition) is 1. The van der Waals surface area contributed by atoms with Gasteiger partial charge in [0.2, 0.25) is 0 Å². The quantitative estimate of drug-likeness (QED) is 0.662. The van der Waals surface area contributed by atoms with Crippen LogP contribution in [0.3, 0.4) is 0 Å².